The van der Waals surface area contributed by atoms with E-state index in [1.807, 2.05) is 27.2 Å². The highest BCUT2D eigenvalue weighted by Crippen LogP contribution is 2.38. The van der Waals surface area contributed by atoms with E-state index in [-0.39, 0.29) is 12.5 Å². The fraction of sp³-hybridized carbons (Fsp3) is 0.875. The number of aliphatic hydroxyl groups is 1. The summed E-state index contributed by atoms with van der Waals surface area (Å²) in [5.41, 5.74) is 0. The molecule has 0 spiro atoms. The number of phosphoric acid groups is 1. The van der Waals surface area contributed by atoms with Gasteiger partial charge in [-0.2, -0.15) is 0 Å². The minimum atomic E-state index is -4.60. The first-order valence-corrected chi connectivity index (χ1v) is 29.3. The Morgan fingerprint density at radius 1 is 0.523 bits per heavy atom. The van der Waals surface area contributed by atoms with Gasteiger partial charge in [0.15, 0.2) is 0 Å². The number of hydrogen-bond donors (Lipinski definition) is 2. The van der Waals surface area contributed by atoms with E-state index in [9.17, 15) is 19.4 Å². The van der Waals surface area contributed by atoms with Crippen molar-refractivity contribution < 1.29 is 32.9 Å². The van der Waals surface area contributed by atoms with Crippen molar-refractivity contribution in [3.63, 3.8) is 0 Å². The standard InChI is InChI=1S/C56H109N2O6P/c1-6-8-10-12-14-16-18-20-22-24-25-26-27-28-29-30-31-32-33-34-35-37-39-41-43-45-47-49-55(59)54(53-64-65(61,62)63-52-51-58(3,4)5)57-56(60)50-48-46-44-42-40-38-36-23-21-19-17-15-13-11-9-7-2/h23,36,39,41,47,49,54-55,59H,6-22,24-35,37-38,40,42-46,48,50-53H2,1-5H3,(H-,57,60,61,62)/b36-23-,41-39+,49-47+. The zero-order chi connectivity index (χ0) is 47.8. The summed E-state index contributed by atoms with van der Waals surface area (Å²) in [5, 5.41) is 13.8. The number of carbonyl (C=O) groups excluding carboxylic acids is 1. The highest BCUT2D eigenvalue weighted by Gasteiger charge is 2.23. The molecule has 0 bridgehead atoms. The van der Waals surface area contributed by atoms with Gasteiger partial charge < -0.3 is 28.8 Å². The number of quaternary nitrogens is 1. The van der Waals surface area contributed by atoms with Crippen LogP contribution in [0.5, 0.6) is 0 Å². The number of carbonyl (C=O) groups is 1. The molecule has 0 rings (SSSR count). The summed E-state index contributed by atoms with van der Waals surface area (Å²) < 4.78 is 23.3. The van der Waals surface area contributed by atoms with E-state index in [2.05, 4.69) is 43.5 Å². The number of rotatable bonds is 51. The van der Waals surface area contributed by atoms with E-state index in [1.54, 1.807) is 6.08 Å². The predicted molar refractivity (Wildman–Crippen MR) is 279 cm³/mol. The molecule has 0 aliphatic heterocycles. The third-order valence-electron chi connectivity index (χ3n) is 12.6. The quantitative estimate of drug-likeness (QED) is 0.0272. The molecule has 1 amide bonds. The van der Waals surface area contributed by atoms with Gasteiger partial charge in [0.25, 0.3) is 7.82 Å². The molecule has 0 saturated heterocycles. The molecule has 0 aromatic carbocycles. The number of unbranched alkanes of at least 4 members (excludes halogenated alkanes) is 34. The summed E-state index contributed by atoms with van der Waals surface area (Å²) in [6.07, 6.45) is 60.8. The van der Waals surface area contributed by atoms with Crippen LogP contribution in [0.25, 0.3) is 0 Å². The molecule has 0 radical (unpaired) electrons. The van der Waals surface area contributed by atoms with Gasteiger partial charge in [-0.3, -0.25) is 9.36 Å². The summed E-state index contributed by atoms with van der Waals surface area (Å²) in [5.74, 6) is -0.214. The maximum absolute atomic E-state index is 12.9. The first-order chi connectivity index (χ1) is 31.5. The Bertz CT molecular complexity index is 1150. The fourth-order valence-corrected chi connectivity index (χ4v) is 8.89. The van der Waals surface area contributed by atoms with Crippen molar-refractivity contribution in [2.75, 3.05) is 40.9 Å². The number of nitrogens with one attached hydrogen (secondary N) is 1. The van der Waals surface area contributed by atoms with Crippen LogP contribution in [0.4, 0.5) is 0 Å². The lowest BCUT2D eigenvalue weighted by molar-refractivity contribution is -0.870. The van der Waals surface area contributed by atoms with Crippen molar-refractivity contribution in [3.05, 3.63) is 36.5 Å². The topological polar surface area (TPSA) is 108 Å². The van der Waals surface area contributed by atoms with Gasteiger partial charge in [-0.25, -0.2) is 0 Å². The summed E-state index contributed by atoms with van der Waals surface area (Å²) in [4.78, 5) is 25.4. The van der Waals surface area contributed by atoms with E-state index >= 15 is 0 Å². The molecule has 2 N–H and O–H groups in total. The number of likely N-dealkylation sites (N-methyl/N-ethyl adjacent to an activating group) is 1. The lowest BCUT2D eigenvalue weighted by atomic mass is 10.0. The summed E-state index contributed by atoms with van der Waals surface area (Å²) in [6.45, 7) is 4.64. The second-order valence-electron chi connectivity index (χ2n) is 20.3. The van der Waals surface area contributed by atoms with Crippen LogP contribution in [0.2, 0.25) is 0 Å². The van der Waals surface area contributed by atoms with Gasteiger partial charge in [-0.05, 0) is 57.8 Å². The average molecular weight is 937 g/mol. The molecule has 0 saturated carbocycles. The average Bonchev–Trinajstić information content (AvgIpc) is 3.26. The van der Waals surface area contributed by atoms with Crippen LogP contribution in [-0.4, -0.2) is 68.5 Å². The maximum atomic E-state index is 12.9. The number of hydrogen-bond acceptors (Lipinski definition) is 6. The van der Waals surface area contributed by atoms with Gasteiger partial charge >= 0.3 is 0 Å². The first kappa shape index (κ1) is 63.7. The van der Waals surface area contributed by atoms with E-state index in [4.69, 9.17) is 9.05 Å². The zero-order valence-electron chi connectivity index (χ0n) is 43.7. The molecule has 8 nitrogen and oxygen atoms in total. The van der Waals surface area contributed by atoms with Gasteiger partial charge in [0.1, 0.15) is 13.2 Å². The van der Waals surface area contributed by atoms with Gasteiger partial charge in [-0.1, -0.05) is 237 Å². The van der Waals surface area contributed by atoms with E-state index in [0.717, 1.165) is 51.4 Å². The van der Waals surface area contributed by atoms with Crippen LogP contribution in [0.15, 0.2) is 36.5 Å². The molecule has 0 heterocycles. The molecule has 0 aliphatic carbocycles. The van der Waals surface area contributed by atoms with Crippen LogP contribution in [-0.2, 0) is 18.4 Å². The van der Waals surface area contributed by atoms with Crippen LogP contribution in [0.3, 0.4) is 0 Å². The molecule has 9 heteroatoms. The maximum Gasteiger partial charge on any atom is 0.268 e. The molecular weight excluding hydrogens is 828 g/mol. The minimum absolute atomic E-state index is 0.00751. The summed E-state index contributed by atoms with van der Waals surface area (Å²) >= 11 is 0. The first-order valence-electron chi connectivity index (χ1n) is 27.9. The monoisotopic (exact) mass is 937 g/mol. The summed E-state index contributed by atoms with van der Waals surface area (Å²) in [6, 6.07) is -0.907. The Morgan fingerprint density at radius 2 is 0.862 bits per heavy atom. The van der Waals surface area contributed by atoms with E-state index < -0.39 is 26.6 Å². The minimum Gasteiger partial charge on any atom is -0.756 e. The largest absolute Gasteiger partial charge is 0.756 e. The number of allylic oxidation sites excluding steroid dienone is 5. The van der Waals surface area contributed by atoms with E-state index in [0.29, 0.717) is 17.4 Å². The SMILES string of the molecule is CCCCCCCCC/C=C\CCCCCCCC(=O)NC(COP(=O)([O-])OCC[N+](C)(C)C)C(O)/C=C/CC/C=C/CCCCCCCCCCCCCCCCCCCCCCC. The molecule has 0 fully saturated rings. The second-order valence-corrected chi connectivity index (χ2v) is 21.7. The number of aliphatic hydroxyl groups excluding tert-OH is 1. The fourth-order valence-electron chi connectivity index (χ4n) is 8.17. The molecule has 65 heavy (non-hydrogen) atoms. The summed E-state index contributed by atoms with van der Waals surface area (Å²) in [7, 11) is 1.24. The second kappa shape index (κ2) is 47.8. The van der Waals surface area contributed by atoms with Crippen molar-refractivity contribution in [2.45, 2.75) is 276 Å². The smallest absolute Gasteiger partial charge is 0.268 e. The third-order valence-corrected chi connectivity index (χ3v) is 13.5. The van der Waals surface area contributed by atoms with Crippen molar-refractivity contribution in [2.24, 2.45) is 0 Å². The van der Waals surface area contributed by atoms with Crippen LogP contribution in [0, 0.1) is 0 Å². The lowest BCUT2D eigenvalue weighted by Crippen LogP contribution is -2.45. The van der Waals surface area contributed by atoms with Crippen molar-refractivity contribution in [1.82, 2.24) is 5.32 Å². The zero-order valence-corrected chi connectivity index (χ0v) is 44.6. The predicted octanol–water partition coefficient (Wildman–Crippen LogP) is 16.0. The van der Waals surface area contributed by atoms with Gasteiger partial charge in [0, 0.05) is 6.42 Å². The lowest BCUT2D eigenvalue weighted by Gasteiger charge is -2.29. The number of nitrogens with zero attached hydrogens (tertiary/aromatic N) is 1. The van der Waals surface area contributed by atoms with Crippen molar-refractivity contribution in [3.8, 4) is 0 Å². The highest BCUT2D eigenvalue weighted by atomic mass is 31.2. The van der Waals surface area contributed by atoms with Crippen molar-refractivity contribution in [1.29, 1.82) is 0 Å². The Kier molecular flexibility index (Phi) is 46.8. The van der Waals surface area contributed by atoms with Crippen LogP contribution < -0.4 is 10.2 Å². The normalized spacial score (nSPS) is 14.3. The van der Waals surface area contributed by atoms with Crippen LogP contribution in [0.1, 0.15) is 264 Å². The molecule has 0 aliphatic rings. The Hall–Kier alpha value is -1.28. The Labute approximate surface area is 404 Å². The van der Waals surface area contributed by atoms with Crippen molar-refractivity contribution >= 4 is 13.7 Å². The molecular formula is C56H109N2O6P. The number of phosphoric ester groups is 1. The molecule has 384 valence electrons. The molecule has 0 aromatic rings. The van der Waals surface area contributed by atoms with Gasteiger partial charge in [-0.15, -0.1) is 0 Å². The Balaban J connectivity index is 4.24. The molecule has 3 atom stereocenters. The number of amides is 1. The molecule has 3 unspecified atom stereocenters. The van der Waals surface area contributed by atoms with Gasteiger partial charge in [0.05, 0.1) is 39.9 Å². The van der Waals surface area contributed by atoms with E-state index in [1.165, 1.54) is 193 Å². The highest BCUT2D eigenvalue weighted by molar-refractivity contribution is 7.45. The van der Waals surface area contributed by atoms with Gasteiger partial charge in [0.2, 0.25) is 5.91 Å². The van der Waals surface area contributed by atoms with Crippen LogP contribution >= 0.6 is 7.82 Å². The third kappa shape index (κ3) is 50.4. The molecule has 0 aromatic heterocycles. The Morgan fingerprint density at radius 3 is 1.25 bits per heavy atom.